The van der Waals surface area contributed by atoms with Crippen LogP contribution in [0, 0.1) is 13.8 Å². The first-order valence-corrected chi connectivity index (χ1v) is 2.05. The van der Waals surface area contributed by atoms with E-state index < -0.39 is 0 Å². The summed E-state index contributed by atoms with van der Waals surface area (Å²) in [6.07, 6.45) is 2.70. The molecule has 0 saturated heterocycles. The van der Waals surface area contributed by atoms with Crippen LogP contribution >= 0.6 is 0 Å². The Balaban J connectivity index is 0. The molecule has 0 aliphatic heterocycles. The van der Waals surface area contributed by atoms with E-state index in [1.807, 2.05) is 13.0 Å². The van der Waals surface area contributed by atoms with Crippen LogP contribution in [0.1, 0.15) is 13.3 Å². The second-order valence-electron chi connectivity index (χ2n) is 1.30. The van der Waals surface area contributed by atoms with Crippen molar-refractivity contribution in [2.75, 3.05) is 0 Å². The summed E-state index contributed by atoms with van der Waals surface area (Å²) in [5.74, 6) is 0. The number of rotatable bonds is 1. The minimum atomic E-state index is 0. The van der Waals surface area contributed by atoms with Crippen molar-refractivity contribution in [3.63, 3.8) is 0 Å². The van der Waals surface area contributed by atoms with Crippen LogP contribution in [0.4, 0.5) is 0 Å². The van der Waals surface area contributed by atoms with Crippen LogP contribution in [-0.2, 0) is 32.7 Å². The molecule has 1 heteroatoms. The monoisotopic (exact) mass is 171 g/mol. The van der Waals surface area contributed by atoms with E-state index in [0.29, 0.717) is 0 Å². The van der Waals surface area contributed by atoms with Gasteiger partial charge in [0.2, 0.25) is 0 Å². The van der Waals surface area contributed by atoms with E-state index in [-0.39, 0.29) is 32.7 Å². The van der Waals surface area contributed by atoms with Crippen LogP contribution in [0.2, 0.25) is 0 Å². The summed E-state index contributed by atoms with van der Waals surface area (Å²) in [5.41, 5.74) is 1.25. The summed E-state index contributed by atoms with van der Waals surface area (Å²) in [7, 11) is 0. The quantitative estimate of drug-likeness (QED) is 0.529. The van der Waals surface area contributed by atoms with Gasteiger partial charge in [0.05, 0.1) is 0 Å². The first-order valence-electron chi connectivity index (χ1n) is 2.05. The maximum Gasteiger partial charge on any atom is 0 e. The topological polar surface area (TPSA) is 0 Å². The van der Waals surface area contributed by atoms with Crippen molar-refractivity contribution in [3.05, 3.63) is 25.5 Å². The zero-order chi connectivity index (χ0) is 4.99. The summed E-state index contributed by atoms with van der Waals surface area (Å²) >= 11 is 0. The van der Waals surface area contributed by atoms with Crippen LogP contribution in [0.15, 0.2) is 11.6 Å². The fraction of sp³-hybridized carbons (Fsp3) is 0.333. The summed E-state index contributed by atoms with van der Waals surface area (Å²) in [6.45, 7) is 9.22. The Morgan fingerprint density at radius 2 is 2.14 bits per heavy atom. The third kappa shape index (κ3) is 6.71. The Kier molecular flexibility index (Phi) is 10.2. The minimum absolute atomic E-state index is 0. The Morgan fingerprint density at radius 1 is 1.71 bits per heavy atom. The van der Waals surface area contributed by atoms with Gasteiger partial charge in [-0.2, -0.15) is 0 Å². The molecular weight excluding hydrogens is 161 g/mol. The Morgan fingerprint density at radius 3 is 2.14 bits per heavy atom. The molecule has 0 unspecified atom stereocenters. The first kappa shape index (κ1) is 10.7. The second-order valence-corrected chi connectivity index (χ2v) is 1.30. The van der Waals surface area contributed by atoms with Crippen molar-refractivity contribution in [3.8, 4) is 0 Å². The second kappa shape index (κ2) is 6.71. The van der Waals surface area contributed by atoms with Crippen LogP contribution in [-0.4, -0.2) is 0 Å². The predicted molar refractivity (Wildman–Crippen MR) is 29.1 cm³/mol. The van der Waals surface area contributed by atoms with Gasteiger partial charge in [0.1, 0.15) is 0 Å². The molecule has 0 amide bonds. The standard InChI is InChI=1S/C6H10.Y/c1-4-6(3)5-2;/h4H,1-2,5H2,3H3;/q-2;/b6-4-;. The third-order valence-corrected chi connectivity index (χ3v) is 0.743. The average molecular weight is 171 g/mol. The zero-order valence-electron chi connectivity index (χ0n) is 4.78. The molecule has 0 heterocycles. The molecule has 0 aromatic heterocycles. The fourth-order valence-electron chi connectivity index (χ4n) is 0.102. The molecule has 0 saturated carbocycles. The normalized spacial score (nSPS) is 10.3. The molecule has 0 aromatic carbocycles. The van der Waals surface area contributed by atoms with E-state index in [0.717, 1.165) is 6.42 Å². The molecule has 0 spiro atoms. The zero-order valence-corrected chi connectivity index (χ0v) is 7.61. The van der Waals surface area contributed by atoms with Gasteiger partial charge in [0, 0.05) is 32.7 Å². The van der Waals surface area contributed by atoms with Crippen molar-refractivity contribution in [1.82, 2.24) is 0 Å². The van der Waals surface area contributed by atoms with Gasteiger partial charge in [-0.3, -0.25) is 0 Å². The van der Waals surface area contributed by atoms with E-state index in [1.54, 1.807) is 0 Å². The van der Waals surface area contributed by atoms with Gasteiger partial charge in [0.15, 0.2) is 0 Å². The largest absolute Gasteiger partial charge is 0.356 e. The van der Waals surface area contributed by atoms with Gasteiger partial charge in [-0.1, -0.05) is 0 Å². The molecule has 0 aliphatic carbocycles. The van der Waals surface area contributed by atoms with E-state index in [9.17, 15) is 0 Å². The molecule has 0 aromatic rings. The van der Waals surface area contributed by atoms with Crippen LogP contribution in [0.25, 0.3) is 0 Å². The van der Waals surface area contributed by atoms with Crippen LogP contribution in [0.5, 0.6) is 0 Å². The molecule has 0 nitrogen and oxygen atoms in total. The number of allylic oxidation sites excluding steroid dienone is 2. The van der Waals surface area contributed by atoms with Gasteiger partial charge in [-0.05, 0) is 0 Å². The maximum absolute atomic E-state index is 3.65. The van der Waals surface area contributed by atoms with E-state index in [2.05, 4.69) is 13.8 Å². The first-order chi connectivity index (χ1) is 2.81. The summed E-state index contributed by atoms with van der Waals surface area (Å²) < 4.78 is 0. The van der Waals surface area contributed by atoms with Gasteiger partial charge in [-0.15, -0.1) is 6.92 Å². The van der Waals surface area contributed by atoms with Crippen molar-refractivity contribution in [1.29, 1.82) is 0 Å². The Bertz CT molecular complexity index is 55.2. The summed E-state index contributed by atoms with van der Waals surface area (Å²) in [6, 6.07) is 0. The van der Waals surface area contributed by atoms with Gasteiger partial charge in [-0.25, -0.2) is 25.0 Å². The van der Waals surface area contributed by atoms with Gasteiger partial charge < -0.3 is 6.92 Å². The van der Waals surface area contributed by atoms with Crippen LogP contribution < -0.4 is 0 Å². The fourth-order valence-corrected chi connectivity index (χ4v) is 0.102. The Hall–Kier alpha value is 0.714. The van der Waals surface area contributed by atoms with Crippen molar-refractivity contribution >= 4 is 0 Å². The Labute approximate surface area is 71.3 Å². The maximum atomic E-state index is 3.65. The van der Waals surface area contributed by atoms with Crippen molar-refractivity contribution < 1.29 is 32.7 Å². The summed E-state index contributed by atoms with van der Waals surface area (Å²) in [5, 5.41) is 0. The molecule has 1 radical (unpaired) electrons. The van der Waals surface area contributed by atoms with Crippen LogP contribution in [0.3, 0.4) is 0 Å². The van der Waals surface area contributed by atoms with Gasteiger partial charge in [0.25, 0.3) is 0 Å². The molecule has 39 valence electrons. The summed E-state index contributed by atoms with van der Waals surface area (Å²) in [4.78, 5) is 0. The predicted octanol–water partition coefficient (Wildman–Crippen LogP) is 1.99. The van der Waals surface area contributed by atoms with Crippen molar-refractivity contribution in [2.45, 2.75) is 13.3 Å². The SMILES string of the molecule is [CH2-]/C=C(/C)C[CH2-].[Y]. The molecular formula is C6H10Y-2. The number of hydrogen-bond donors (Lipinski definition) is 0. The molecule has 0 rings (SSSR count). The smallest absolute Gasteiger partial charge is 0 e. The van der Waals surface area contributed by atoms with Gasteiger partial charge >= 0.3 is 0 Å². The van der Waals surface area contributed by atoms with Crippen molar-refractivity contribution in [2.24, 2.45) is 0 Å². The molecule has 0 bridgehead atoms. The molecule has 7 heavy (non-hydrogen) atoms. The number of hydrogen-bond acceptors (Lipinski definition) is 0. The minimum Gasteiger partial charge on any atom is -0.356 e. The van der Waals surface area contributed by atoms with E-state index in [4.69, 9.17) is 0 Å². The van der Waals surface area contributed by atoms with E-state index >= 15 is 0 Å². The van der Waals surface area contributed by atoms with E-state index in [1.165, 1.54) is 5.57 Å². The molecule has 0 aliphatic rings. The molecule has 0 atom stereocenters. The molecule has 0 fully saturated rings. The average Bonchev–Trinajstić information content (AvgIpc) is 1.65. The third-order valence-electron chi connectivity index (χ3n) is 0.743. The molecule has 0 N–H and O–H groups in total.